The number of urea groups is 1. The summed E-state index contributed by atoms with van der Waals surface area (Å²) in [6.07, 6.45) is 0.637. The SMILES string of the molecule is COC(CNC(=O)N(C)Cc1ncn[nH]1)CC(=O)O. The Morgan fingerprint density at radius 2 is 2.37 bits per heavy atom. The van der Waals surface area contributed by atoms with Gasteiger partial charge >= 0.3 is 12.0 Å². The summed E-state index contributed by atoms with van der Waals surface area (Å²) >= 11 is 0. The molecule has 0 aromatic carbocycles. The van der Waals surface area contributed by atoms with Crippen molar-refractivity contribution in [1.82, 2.24) is 25.4 Å². The van der Waals surface area contributed by atoms with Crippen LogP contribution in [0.5, 0.6) is 0 Å². The third-order valence-corrected chi connectivity index (χ3v) is 2.42. The number of H-pyrrole nitrogens is 1. The van der Waals surface area contributed by atoms with E-state index in [4.69, 9.17) is 9.84 Å². The molecule has 1 unspecified atom stereocenters. The monoisotopic (exact) mass is 271 g/mol. The second kappa shape index (κ2) is 7.31. The van der Waals surface area contributed by atoms with Crippen LogP contribution in [0.3, 0.4) is 0 Å². The number of hydrogen-bond donors (Lipinski definition) is 3. The van der Waals surface area contributed by atoms with Gasteiger partial charge in [-0.05, 0) is 0 Å². The molecular weight excluding hydrogens is 254 g/mol. The number of carbonyl (C=O) groups excluding carboxylic acids is 1. The normalized spacial score (nSPS) is 11.9. The molecule has 1 atom stereocenters. The number of carbonyl (C=O) groups is 2. The molecule has 1 aromatic heterocycles. The first-order chi connectivity index (χ1) is 9.02. The molecule has 9 heteroatoms. The van der Waals surface area contributed by atoms with Crippen molar-refractivity contribution in [2.24, 2.45) is 0 Å². The van der Waals surface area contributed by atoms with Crippen LogP contribution >= 0.6 is 0 Å². The third-order valence-electron chi connectivity index (χ3n) is 2.42. The zero-order valence-corrected chi connectivity index (χ0v) is 10.8. The van der Waals surface area contributed by atoms with Gasteiger partial charge in [-0.2, -0.15) is 5.10 Å². The highest BCUT2D eigenvalue weighted by atomic mass is 16.5. The van der Waals surface area contributed by atoms with Crippen LogP contribution in [0.25, 0.3) is 0 Å². The van der Waals surface area contributed by atoms with E-state index in [9.17, 15) is 9.59 Å². The molecule has 0 saturated heterocycles. The van der Waals surface area contributed by atoms with Crippen molar-refractivity contribution in [2.75, 3.05) is 20.7 Å². The number of nitrogens with zero attached hydrogens (tertiary/aromatic N) is 3. The summed E-state index contributed by atoms with van der Waals surface area (Å²) < 4.78 is 4.95. The van der Waals surface area contributed by atoms with Crippen LogP contribution in [-0.4, -0.2) is 64.0 Å². The summed E-state index contributed by atoms with van der Waals surface area (Å²) in [6.45, 7) is 0.408. The maximum atomic E-state index is 11.7. The fourth-order valence-electron chi connectivity index (χ4n) is 1.37. The second-order valence-corrected chi connectivity index (χ2v) is 3.93. The number of methoxy groups -OCH3 is 1. The van der Waals surface area contributed by atoms with Crippen molar-refractivity contribution in [3.8, 4) is 0 Å². The average molecular weight is 271 g/mol. The van der Waals surface area contributed by atoms with E-state index in [0.717, 1.165) is 0 Å². The highest BCUT2D eigenvalue weighted by Gasteiger charge is 2.15. The van der Waals surface area contributed by atoms with Crippen LogP contribution in [0, 0.1) is 0 Å². The number of aliphatic carboxylic acids is 1. The Hall–Kier alpha value is -2.16. The molecule has 0 spiro atoms. The van der Waals surface area contributed by atoms with Crippen molar-refractivity contribution >= 4 is 12.0 Å². The molecule has 0 aliphatic carbocycles. The standard InChI is InChI=1S/C10H17N5O4/c1-15(5-8-12-6-13-14-8)10(18)11-4-7(19-2)3-9(16)17/h6-7H,3-5H2,1-2H3,(H,11,18)(H,16,17)(H,12,13,14). The smallest absolute Gasteiger partial charge is 0.317 e. The minimum absolute atomic E-state index is 0.127. The number of nitrogens with one attached hydrogen (secondary N) is 2. The van der Waals surface area contributed by atoms with Crippen LogP contribution < -0.4 is 5.32 Å². The number of aromatic nitrogens is 3. The Morgan fingerprint density at radius 1 is 1.63 bits per heavy atom. The molecule has 9 nitrogen and oxygen atoms in total. The number of aromatic amines is 1. The number of hydrogen-bond acceptors (Lipinski definition) is 5. The molecule has 0 saturated carbocycles. The van der Waals surface area contributed by atoms with Crippen LogP contribution in [0.2, 0.25) is 0 Å². The van der Waals surface area contributed by atoms with Crippen LogP contribution in [0.4, 0.5) is 4.79 Å². The van der Waals surface area contributed by atoms with E-state index in [2.05, 4.69) is 20.5 Å². The molecule has 0 aliphatic rings. The van der Waals surface area contributed by atoms with E-state index in [0.29, 0.717) is 5.82 Å². The zero-order chi connectivity index (χ0) is 14.3. The fourth-order valence-corrected chi connectivity index (χ4v) is 1.37. The van der Waals surface area contributed by atoms with Crippen LogP contribution in [0.1, 0.15) is 12.2 Å². The maximum Gasteiger partial charge on any atom is 0.317 e. The summed E-state index contributed by atoms with van der Waals surface area (Å²) in [5.74, 6) is -0.414. The molecule has 0 radical (unpaired) electrons. The Morgan fingerprint density at radius 3 is 2.89 bits per heavy atom. The molecule has 1 rings (SSSR count). The van der Waals surface area contributed by atoms with Gasteiger partial charge in [-0.3, -0.25) is 9.89 Å². The molecule has 2 amide bonds. The van der Waals surface area contributed by atoms with E-state index >= 15 is 0 Å². The highest BCUT2D eigenvalue weighted by molar-refractivity contribution is 5.74. The fraction of sp³-hybridized carbons (Fsp3) is 0.600. The van der Waals surface area contributed by atoms with Crippen molar-refractivity contribution in [3.05, 3.63) is 12.2 Å². The third kappa shape index (κ3) is 5.34. The molecule has 3 N–H and O–H groups in total. The lowest BCUT2D eigenvalue weighted by Crippen LogP contribution is -2.41. The van der Waals surface area contributed by atoms with Gasteiger partial charge in [0.05, 0.1) is 19.1 Å². The highest BCUT2D eigenvalue weighted by Crippen LogP contribution is 1.98. The van der Waals surface area contributed by atoms with Crippen LogP contribution in [0.15, 0.2) is 6.33 Å². The van der Waals surface area contributed by atoms with Gasteiger partial charge in [0.1, 0.15) is 12.2 Å². The largest absolute Gasteiger partial charge is 0.481 e. The van der Waals surface area contributed by atoms with Crippen molar-refractivity contribution in [2.45, 2.75) is 19.1 Å². The average Bonchev–Trinajstić information content (AvgIpc) is 2.86. The van der Waals surface area contributed by atoms with Gasteiger partial charge in [0.15, 0.2) is 0 Å². The Labute approximate surface area is 110 Å². The predicted molar refractivity (Wildman–Crippen MR) is 64.3 cm³/mol. The van der Waals surface area contributed by atoms with Crippen molar-refractivity contribution in [3.63, 3.8) is 0 Å². The number of carboxylic acid groups (broad SMARTS) is 1. The predicted octanol–water partition coefficient (Wildman–Crippen LogP) is -0.564. The minimum Gasteiger partial charge on any atom is -0.481 e. The van der Waals surface area contributed by atoms with Gasteiger partial charge in [-0.15, -0.1) is 0 Å². The Kier molecular flexibility index (Phi) is 5.73. The first-order valence-electron chi connectivity index (χ1n) is 5.60. The summed E-state index contributed by atoms with van der Waals surface area (Å²) in [7, 11) is 2.99. The Bertz CT molecular complexity index is 408. The lowest BCUT2D eigenvalue weighted by atomic mass is 10.2. The summed E-state index contributed by atoms with van der Waals surface area (Å²) in [6, 6.07) is -0.344. The van der Waals surface area contributed by atoms with Crippen molar-refractivity contribution in [1.29, 1.82) is 0 Å². The summed E-state index contributed by atoms with van der Waals surface area (Å²) in [5, 5.41) is 17.5. The second-order valence-electron chi connectivity index (χ2n) is 3.93. The number of ether oxygens (including phenoxy) is 1. The molecular formula is C10H17N5O4. The Balaban J connectivity index is 2.35. The van der Waals surface area contributed by atoms with Crippen LogP contribution in [-0.2, 0) is 16.1 Å². The van der Waals surface area contributed by atoms with Crippen molar-refractivity contribution < 1.29 is 19.4 Å². The quantitative estimate of drug-likeness (QED) is 0.611. The van der Waals surface area contributed by atoms with Gasteiger partial charge in [0.2, 0.25) is 0 Å². The minimum atomic E-state index is -0.976. The zero-order valence-electron chi connectivity index (χ0n) is 10.8. The number of amides is 2. The summed E-state index contributed by atoms with van der Waals surface area (Å²) in [5.41, 5.74) is 0. The van der Waals surface area contributed by atoms with E-state index < -0.39 is 12.1 Å². The van der Waals surface area contributed by atoms with Gasteiger partial charge in [0, 0.05) is 20.7 Å². The number of rotatable bonds is 7. The molecule has 0 aliphatic heterocycles. The molecule has 1 aromatic rings. The summed E-state index contributed by atoms with van der Waals surface area (Å²) in [4.78, 5) is 27.6. The molecule has 1 heterocycles. The van der Waals surface area contributed by atoms with Gasteiger partial charge in [-0.25, -0.2) is 9.78 Å². The molecule has 0 bridgehead atoms. The topological polar surface area (TPSA) is 120 Å². The van der Waals surface area contributed by atoms with E-state index in [1.54, 1.807) is 7.05 Å². The van der Waals surface area contributed by atoms with Gasteiger partial charge in [0.25, 0.3) is 0 Å². The first kappa shape index (κ1) is 14.9. The molecule has 0 fully saturated rings. The number of carboxylic acids is 1. The van der Waals surface area contributed by atoms with Gasteiger partial charge < -0.3 is 20.1 Å². The maximum absolute atomic E-state index is 11.7. The van der Waals surface area contributed by atoms with Gasteiger partial charge in [-0.1, -0.05) is 0 Å². The van der Waals surface area contributed by atoms with E-state index in [-0.39, 0.29) is 25.5 Å². The van der Waals surface area contributed by atoms with E-state index in [1.165, 1.54) is 18.3 Å². The lowest BCUT2D eigenvalue weighted by Gasteiger charge is -2.19. The molecule has 19 heavy (non-hydrogen) atoms. The molecule has 106 valence electrons. The first-order valence-corrected chi connectivity index (χ1v) is 5.60. The lowest BCUT2D eigenvalue weighted by molar-refractivity contribution is -0.139. The van der Waals surface area contributed by atoms with E-state index in [1.807, 2.05) is 0 Å².